The number of aryl methyl sites for hydroxylation is 1. The average Bonchev–Trinajstić information content (AvgIpc) is 3.11. The second-order valence-electron chi connectivity index (χ2n) is 7.88. The summed E-state index contributed by atoms with van der Waals surface area (Å²) in [5, 5.41) is 8.92. The lowest BCUT2D eigenvalue weighted by Gasteiger charge is -2.20. The van der Waals surface area contributed by atoms with Crippen molar-refractivity contribution in [2.75, 3.05) is 5.32 Å². The van der Waals surface area contributed by atoms with Crippen LogP contribution in [0.2, 0.25) is 0 Å². The lowest BCUT2D eigenvalue weighted by molar-refractivity contribution is 0.0919. The number of nitrogens with one attached hydrogen (secondary N) is 2. The summed E-state index contributed by atoms with van der Waals surface area (Å²) >= 11 is 3.22. The maximum atomic E-state index is 12.8. The molecule has 30 heavy (non-hydrogen) atoms. The molecule has 2 amide bonds. The third-order valence-corrected chi connectivity index (χ3v) is 6.00. The predicted octanol–water partition coefficient (Wildman–Crippen LogP) is 5.52. The summed E-state index contributed by atoms with van der Waals surface area (Å²) in [4.78, 5) is 30.5. The fourth-order valence-corrected chi connectivity index (χ4v) is 4.38. The zero-order chi connectivity index (χ0) is 21.7. The van der Waals surface area contributed by atoms with E-state index < -0.39 is 0 Å². The van der Waals surface area contributed by atoms with E-state index in [1.807, 2.05) is 57.3 Å². The standard InChI is InChI=1S/C23H25N3O2S2/c1-15-24-18(13-29-15)14-30-20-8-6-5-7-19(20)22(28)25-17-11-9-16(10-12-17)21(27)26-23(2,3)4/h5-13H,14H2,1-4H3,(H,25,28)(H,26,27). The van der Waals surface area contributed by atoms with Crippen LogP contribution >= 0.6 is 23.1 Å². The molecular weight excluding hydrogens is 414 g/mol. The van der Waals surface area contributed by atoms with Crippen molar-refractivity contribution in [1.82, 2.24) is 10.3 Å². The van der Waals surface area contributed by atoms with Gasteiger partial charge in [0.05, 0.1) is 16.3 Å². The summed E-state index contributed by atoms with van der Waals surface area (Å²) in [6.07, 6.45) is 0. The van der Waals surface area contributed by atoms with E-state index >= 15 is 0 Å². The summed E-state index contributed by atoms with van der Waals surface area (Å²) in [5.41, 5.74) is 2.52. The number of rotatable bonds is 6. The van der Waals surface area contributed by atoms with Crippen LogP contribution in [0.5, 0.6) is 0 Å². The van der Waals surface area contributed by atoms with E-state index in [0.29, 0.717) is 22.6 Å². The van der Waals surface area contributed by atoms with Crippen LogP contribution in [-0.4, -0.2) is 22.3 Å². The lowest BCUT2D eigenvalue weighted by Crippen LogP contribution is -2.40. The minimum atomic E-state index is -0.303. The van der Waals surface area contributed by atoms with Crippen molar-refractivity contribution in [3.05, 3.63) is 75.7 Å². The van der Waals surface area contributed by atoms with E-state index in [1.165, 1.54) is 0 Å². The Balaban J connectivity index is 1.66. The number of aromatic nitrogens is 1. The average molecular weight is 440 g/mol. The van der Waals surface area contributed by atoms with Gasteiger partial charge in [-0.05, 0) is 64.1 Å². The Bertz CT molecular complexity index is 1040. The summed E-state index contributed by atoms with van der Waals surface area (Å²) < 4.78 is 0. The summed E-state index contributed by atoms with van der Waals surface area (Å²) in [6, 6.07) is 14.4. The molecule has 0 saturated carbocycles. The fourth-order valence-electron chi connectivity index (χ4n) is 2.72. The van der Waals surface area contributed by atoms with E-state index in [-0.39, 0.29) is 17.4 Å². The minimum absolute atomic E-state index is 0.139. The molecule has 0 atom stereocenters. The molecule has 3 aromatic rings. The number of benzene rings is 2. The number of hydrogen-bond donors (Lipinski definition) is 2. The van der Waals surface area contributed by atoms with Crippen LogP contribution in [0.15, 0.2) is 58.8 Å². The van der Waals surface area contributed by atoms with E-state index in [4.69, 9.17) is 0 Å². The molecule has 0 aliphatic carbocycles. The third-order valence-electron chi connectivity index (χ3n) is 4.07. The van der Waals surface area contributed by atoms with Crippen molar-refractivity contribution in [2.45, 2.75) is 43.9 Å². The molecule has 0 saturated heterocycles. The quantitative estimate of drug-likeness (QED) is 0.496. The molecule has 0 fully saturated rings. The van der Waals surface area contributed by atoms with E-state index in [9.17, 15) is 9.59 Å². The van der Waals surface area contributed by atoms with Gasteiger partial charge in [-0.15, -0.1) is 23.1 Å². The zero-order valence-corrected chi connectivity index (χ0v) is 19.1. The minimum Gasteiger partial charge on any atom is -0.347 e. The van der Waals surface area contributed by atoms with Gasteiger partial charge in [0.2, 0.25) is 0 Å². The first-order valence-electron chi connectivity index (χ1n) is 9.58. The zero-order valence-electron chi connectivity index (χ0n) is 17.5. The second kappa shape index (κ2) is 9.45. The van der Waals surface area contributed by atoms with Gasteiger partial charge in [0.1, 0.15) is 0 Å². The predicted molar refractivity (Wildman–Crippen MR) is 124 cm³/mol. The van der Waals surface area contributed by atoms with E-state index in [2.05, 4.69) is 15.6 Å². The molecule has 0 bridgehead atoms. The van der Waals surface area contributed by atoms with Crippen LogP contribution in [0.1, 0.15) is 52.2 Å². The Hall–Kier alpha value is -2.64. The number of hydrogen-bond acceptors (Lipinski definition) is 5. The summed E-state index contributed by atoms with van der Waals surface area (Å²) in [5.74, 6) is 0.394. The van der Waals surface area contributed by atoms with Gasteiger partial charge in [-0.2, -0.15) is 0 Å². The monoisotopic (exact) mass is 439 g/mol. The Kier molecular flexibility index (Phi) is 6.95. The maximum absolute atomic E-state index is 12.8. The number of anilines is 1. The number of thioether (sulfide) groups is 1. The van der Waals surface area contributed by atoms with E-state index in [0.717, 1.165) is 15.6 Å². The van der Waals surface area contributed by atoms with Crippen LogP contribution in [0, 0.1) is 6.92 Å². The SMILES string of the molecule is Cc1nc(CSc2ccccc2C(=O)Nc2ccc(C(=O)NC(C)(C)C)cc2)cs1. The first-order chi connectivity index (χ1) is 14.2. The molecule has 0 unspecified atom stereocenters. The molecule has 5 nitrogen and oxygen atoms in total. The van der Waals surface area contributed by atoms with Crippen LogP contribution in [-0.2, 0) is 5.75 Å². The van der Waals surface area contributed by atoms with Crippen molar-refractivity contribution >= 4 is 40.6 Å². The van der Waals surface area contributed by atoms with Crippen molar-refractivity contribution in [3.8, 4) is 0 Å². The Labute approximate surface area is 185 Å². The molecule has 0 aliphatic heterocycles. The molecular formula is C23H25N3O2S2. The smallest absolute Gasteiger partial charge is 0.256 e. The highest BCUT2D eigenvalue weighted by molar-refractivity contribution is 7.98. The van der Waals surface area contributed by atoms with Crippen LogP contribution in [0.4, 0.5) is 5.69 Å². The first kappa shape index (κ1) is 22.1. The number of thiazole rings is 1. The second-order valence-corrected chi connectivity index (χ2v) is 9.96. The Morgan fingerprint density at radius 3 is 2.37 bits per heavy atom. The van der Waals surface area contributed by atoms with E-state index in [1.54, 1.807) is 47.4 Å². The number of nitrogens with zero attached hydrogens (tertiary/aromatic N) is 1. The molecule has 2 aromatic carbocycles. The fraction of sp³-hybridized carbons (Fsp3) is 0.261. The van der Waals surface area contributed by atoms with Gasteiger partial charge in [0, 0.05) is 32.8 Å². The molecule has 156 valence electrons. The van der Waals surface area contributed by atoms with Crippen LogP contribution < -0.4 is 10.6 Å². The van der Waals surface area contributed by atoms with Crippen LogP contribution in [0.3, 0.4) is 0 Å². The number of carbonyl (C=O) groups is 2. The van der Waals surface area contributed by atoms with Gasteiger partial charge in [-0.25, -0.2) is 4.98 Å². The lowest BCUT2D eigenvalue weighted by atomic mass is 10.1. The topological polar surface area (TPSA) is 71.1 Å². The molecule has 2 N–H and O–H groups in total. The molecule has 0 aliphatic rings. The molecule has 1 aromatic heterocycles. The van der Waals surface area contributed by atoms with Gasteiger partial charge in [-0.1, -0.05) is 12.1 Å². The van der Waals surface area contributed by atoms with Crippen molar-refractivity contribution in [2.24, 2.45) is 0 Å². The largest absolute Gasteiger partial charge is 0.347 e. The number of amides is 2. The van der Waals surface area contributed by atoms with Crippen molar-refractivity contribution in [1.29, 1.82) is 0 Å². The highest BCUT2D eigenvalue weighted by Crippen LogP contribution is 2.27. The van der Waals surface area contributed by atoms with Crippen molar-refractivity contribution < 1.29 is 9.59 Å². The third kappa shape index (κ3) is 6.18. The Morgan fingerprint density at radius 1 is 1.03 bits per heavy atom. The van der Waals surface area contributed by atoms with Crippen molar-refractivity contribution in [3.63, 3.8) is 0 Å². The van der Waals surface area contributed by atoms with Gasteiger partial charge in [-0.3, -0.25) is 9.59 Å². The van der Waals surface area contributed by atoms with Gasteiger partial charge in [0.15, 0.2) is 0 Å². The molecule has 0 spiro atoms. The first-order valence-corrected chi connectivity index (χ1v) is 11.4. The molecule has 3 rings (SSSR count). The summed E-state index contributed by atoms with van der Waals surface area (Å²) in [6.45, 7) is 7.79. The van der Waals surface area contributed by atoms with Gasteiger partial charge in [0.25, 0.3) is 11.8 Å². The summed E-state index contributed by atoms with van der Waals surface area (Å²) in [7, 11) is 0. The maximum Gasteiger partial charge on any atom is 0.256 e. The molecule has 7 heteroatoms. The van der Waals surface area contributed by atoms with Gasteiger partial charge < -0.3 is 10.6 Å². The normalized spacial score (nSPS) is 11.2. The highest BCUT2D eigenvalue weighted by Gasteiger charge is 2.16. The molecule has 0 radical (unpaired) electrons. The number of carbonyl (C=O) groups excluding carboxylic acids is 2. The molecule has 1 heterocycles. The highest BCUT2D eigenvalue weighted by atomic mass is 32.2. The van der Waals surface area contributed by atoms with Gasteiger partial charge >= 0.3 is 0 Å². The van der Waals surface area contributed by atoms with Crippen LogP contribution in [0.25, 0.3) is 0 Å². The Morgan fingerprint density at radius 2 is 1.73 bits per heavy atom.